The van der Waals surface area contributed by atoms with Gasteiger partial charge in [0.25, 0.3) is 5.91 Å². The van der Waals surface area contributed by atoms with Crippen molar-refractivity contribution in [1.82, 2.24) is 24.8 Å². The van der Waals surface area contributed by atoms with Crippen LogP contribution in [-0.4, -0.2) is 62.1 Å². The predicted molar refractivity (Wildman–Crippen MR) is 87.0 cm³/mol. The molecule has 0 aromatic carbocycles. The van der Waals surface area contributed by atoms with E-state index in [1.165, 1.54) is 0 Å². The number of rotatable bonds is 3. The molecule has 8 heteroatoms. The van der Waals surface area contributed by atoms with Crippen LogP contribution in [0.3, 0.4) is 0 Å². The highest BCUT2D eigenvalue weighted by Gasteiger charge is 2.50. The van der Waals surface area contributed by atoms with E-state index in [4.69, 9.17) is 9.47 Å². The minimum atomic E-state index is -0.350. The van der Waals surface area contributed by atoms with Gasteiger partial charge in [-0.1, -0.05) is 0 Å². The molecule has 0 radical (unpaired) electrons. The molecular formula is C17H19N5O3. The third kappa shape index (κ3) is 3.30. The molecule has 2 saturated heterocycles. The highest BCUT2D eigenvalue weighted by Crippen LogP contribution is 2.35. The normalized spacial score (nSPS) is 21.6. The smallest absolute Gasteiger partial charge is 0.316 e. The molecule has 1 atom stereocenters. The lowest BCUT2D eigenvalue weighted by atomic mass is 9.84. The Morgan fingerprint density at radius 2 is 2.08 bits per heavy atom. The summed E-state index contributed by atoms with van der Waals surface area (Å²) in [5.74, 6) is 0.0500. The van der Waals surface area contributed by atoms with Crippen LogP contribution < -0.4 is 4.74 Å². The summed E-state index contributed by atoms with van der Waals surface area (Å²) in [5, 5.41) is 0. The number of nitrogens with zero attached hydrogens (tertiary/aromatic N) is 5. The van der Waals surface area contributed by atoms with Gasteiger partial charge in [-0.2, -0.15) is 0 Å². The molecule has 2 aliphatic rings. The highest BCUT2D eigenvalue weighted by molar-refractivity contribution is 5.91. The first-order chi connectivity index (χ1) is 12.1. The molecule has 0 bridgehead atoms. The number of hydrogen-bond acceptors (Lipinski definition) is 7. The number of carbonyl (C=O) groups excluding carboxylic acids is 1. The van der Waals surface area contributed by atoms with Crippen LogP contribution in [0, 0.1) is 6.92 Å². The molecule has 4 heterocycles. The lowest BCUT2D eigenvalue weighted by molar-refractivity contribution is -0.174. The second kappa shape index (κ2) is 6.36. The van der Waals surface area contributed by atoms with E-state index in [0.29, 0.717) is 32.1 Å². The molecule has 2 aliphatic heterocycles. The van der Waals surface area contributed by atoms with E-state index in [0.717, 1.165) is 12.1 Å². The number of hydrogen-bond donors (Lipinski definition) is 0. The Kier molecular flexibility index (Phi) is 4.04. The topological polar surface area (TPSA) is 90.3 Å². The minimum absolute atomic E-state index is 0.0132. The van der Waals surface area contributed by atoms with Gasteiger partial charge in [-0.25, -0.2) is 19.9 Å². The number of amides is 1. The summed E-state index contributed by atoms with van der Waals surface area (Å²) in [5.41, 5.74) is 0.520. The Morgan fingerprint density at radius 1 is 1.28 bits per heavy atom. The Labute approximate surface area is 145 Å². The van der Waals surface area contributed by atoms with Crippen LogP contribution in [0.2, 0.25) is 0 Å². The third-order valence-corrected chi connectivity index (χ3v) is 4.49. The van der Waals surface area contributed by atoms with Gasteiger partial charge in [0, 0.05) is 37.1 Å². The number of aromatic nitrogens is 4. The maximum Gasteiger partial charge on any atom is 0.316 e. The Morgan fingerprint density at radius 3 is 2.84 bits per heavy atom. The fourth-order valence-corrected chi connectivity index (χ4v) is 3.28. The number of aryl methyl sites for hydroxylation is 1. The lowest BCUT2D eigenvalue weighted by Gasteiger charge is -2.52. The van der Waals surface area contributed by atoms with Gasteiger partial charge in [0.1, 0.15) is 11.7 Å². The zero-order valence-electron chi connectivity index (χ0n) is 14.0. The van der Waals surface area contributed by atoms with Crippen molar-refractivity contribution in [3.63, 3.8) is 0 Å². The quantitative estimate of drug-likeness (QED) is 0.823. The first-order valence-electron chi connectivity index (χ1n) is 8.30. The molecule has 130 valence electrons. The number of likely N-dealkylation sites (tertiary alicyclic amines) is 1. The summed E-state index contributed by atoms with van der Waals surface area (Å²) in [7, 11) is 0. The van der Waals surface area contributed by atoms with Crippen molar-refractivity contribution in [3.8, 4) is 6.01 Å². The molecule has 4 rings (SSSR count). The van der Waals surface area contributed by atoms with E-state index in [9.17, 15) is 4.79 Å². The molecule has 2 aromatic heterocycles. The van der Waals surface area contributed by atoms with Crippen LogP contribution >= 0.6 is 0 Å². The van der Waals surface area contributed by atoms with Gasteiger partial charge in [0.05, 0.1) is 19.7 Å². The summed E-state index contributed by atoms with van der Waals surface area (Å²) in [6.07, 6.45) is 6.31. The molecule has 0 aliphatic carbocycles. The van der Waals surface area contributed by atoms with Crippen LogP contribution in [0.15, 0.2) is 30.7 Å². The molecule has 1 amide bonds. The molecule has 2 aromatic rings. The number of carbonyl (C=O) groups is 1. The van der Waals surface area contributed by atoms with Crippen molar-refractivity contribution >= 4 is 5.91 Å². The molecule has 2 fully saturated rings. The molecular weight excluding hydrogens is 322 g/mol. The van der Waals surface area contributed by atoms with Gasteiger partial charge >= 0.3 is 6.01 Å². The SMILES string of the molecule is Cc1ccnc(O[C@@H]2CCOC3(C2)CN(C(=O)c2ncccn2)C3)n1. The first-order valence-corrected chi connectivity index (χ1v) is 8.30. The largest absolute Gasteiger partial charge is 0.460 e. The Bertz CT molecular complexity index is 764. The van der Waals surface area contributed by atoms with Crippen LogP contribution in [-0.2, 0) is 4.74 Å². The van der Waals surface area contributed by atoms with E-state index in [-0.39, 0.29) is 23.4 Å². The average Bonchev–Trinajstić information content (AvgIpc) is 2.60. The van der Waals surface area contributed by atoms with Crippen molar-refractivity contribution in [3.05, 3.63) is 42.2 Å². The third-order valence-electron chi connectivity index (χ3n) is 4.49. The standard InChI is InChI=1S/C17H19N5O3/c1-12-3-7-20-16(21-12)25-13-4-8-24-17(9-13)10-22(11-17)15(23)14-18-5-2-6-19-14/h2-3,5-7,13H,4,8-11H2,1H3/t13-/m1/s1. The number of ether oxygens (including phenoxy) is 2. The highest BCUT2D eigenvalue weighted by atomic mass is 16.5. The van der Waals surface area contributed by atoms with E-state index in [2.05, 4.69) is 19.9 Å². The van der Waals surface area contributed by atoms with Crippen LogP contribution in [0.4, 0.5) is 0 Å². The van der Waals surface area contributed by atoms with Crippen molar-refractivity contribution in [2.75, 3.05) is 19.7 Å². The molecule has 8 nitrogen and oxygen atoms in total. The minimum Gasteiger partial charge on any atom is -0.460 e. The van der Waals surface area contributed by atoms with Crippen molar-refractivity contribution < 1.29 is 14.3 Å². The van der Waals surface area contributed by atoms with Crippen LogP contribution in [0.5, 0.6) is 6.01 Å². The Hall–Kier alpha value is -2.61. The van der Waals surface area contributed by atoms with Gasteiger partial charge in [-0.3, -0.25) is 4.79 Å². The molecule has 1 spiro atoms. The monoisotopic (exact) mass is 341 g/mol. The van der Waals surface area contributed by atoms with Crippen molar-refractivity contribution in [2.45, 2.75) is 31.5 Å². The molecule has 0 N–H and O–H groups in total. The van der Waals surface area contributed by atoms with Gasteiger partial charge < -0.3 is 14.4 Å². The van der Waals surface area contributed by atoms with Gasteiger partial charge in [-0.05, 0) is 19.1 Å². The summed E-state index contributed by atoms with van der Waals surface area (Å²) in [6, 6.07) is 3.92. The van der Waals surface area contributed by atoms with Crippen molar-refractivity contribution in [1.29, 1.82) is 0 Å². The maximum atomic E-state index is 12.4. The fraction of sp³-hybridized carbons (Fsp3) is 0.471. The van der Waals surface area contributed by atoms with E-state index in [1.807, 2.05) is 13.0 Å². The zero-order chi connectivity index (χ0) is 17.3. The molecule has 0 saturated carbocycles. The zero-order valence-corrected chi connectivity index (χ0v) is 14.0. The second-order valence-electron chi connectivity index (χ2n) is 6.48. The first kappa shape index (κ1) is 15.9. The maximum absolute atomic E-state index is 12.4. The van der Waals surface area contributed by atoms with E-state index < -0.39 is 0 Å². The van der Waals surface area contributed by atoms with Crippen LogP contribution in [0.1, 0.15) is 29.2 Å². The van der Waals surface area contributed by atoms with Gasteiger partial charge in [0.2, 0.25) is 5.82 Å². The summed E-state index contributed by atoms with van der Waals surface area (Å²) in [6.45, 7) is 3.55. The van der Waals surface area contributed by atoms with Gasteiger partial charge in [-0.15, -0.1) is 0 Å². The van der Waals surface area contributed by atoms with Crippen molar-refractivity contribution in [2.24, 2.45) is 0 Å². The summed E-state index contributed by atoms with van der Waals surface area (Å²) < 4.78 is 11.9. The van der Waals surface area contributed by atoms with E-state index >= 15 is 0 Å². The summed E-state index contributed by atoms with van der Waals surface area (Å²) >= 11 is 0. The Balaban J connectivity index is 1.37. The van der Waals surface area contributed by atoms with Crippen LogP contribution in [0.25, 0.3) is 0 Å². The second-order valence-corrected chi connectivity index (χ2v) is 6.48. The van der Waals surface area contributed by atoms with E-state index in [1.54, 1.807) is 29.6 Å². The fourth-order valence-electron chi connectivity index (χ4n) is 3.28. The predicted octanol–water partition coefficient (Wildman–Crippen LogP) is 1.03. The van der Waals surface area contributed by atoms with Gasteiger partial charge in [0.15, 0.2) is 0 Å². The molecule has 0 unspecified atom stereocenters. The average molecular weight is 341 g/mol. The lowest BCUT2D eigenvalue weighted by Crippen LogP contribution is -2.67. The summed E-state index contributed by atoms with van der Waals surface area (Å²) in [4.78, 5) is 30.5. The molecule has 25 heavy (non-hydrogen) atoms.